The Morgan fingerprint density at radius 2 is 1.67 bits per heavy atom. The smallest absolute Gasteiger partial charge is 0.146 e. The highest BCUT2D eigenvalue weighted by Crippen LogP contribution is 2.05. The van der Waals surface area contributed by atoms with E-state index in [0.29, 0.717) is 12.3 Å². The van der Waals surface area contributed by atoms with Crippen LogP contribution in [0, 0.1) is 0 Å². The van der Waals surface area contributed by atoms with Crippen LogP contribution in [-0.4, -0.2) is 30.8 Å². The highest BCUT2D eigenvalue weighted by Gasteiger charge is 2.05. The van der Waals surface area contributed by atoms with Gasteiger partial charge in [-0.3, -0.25) is 9.69 Å². The van der Waals surface area contributed by atoms with E-state index in [2.05, 4.69) is 18.7 Å². The van der Waals surface area contributed by atoms with E-state index in [1.54, 1.807) is 0 Å². The summed E-state index contributed by atoms with van der Waals surface area (Å²) in [5.74, 6) is 0.405. The molecule has 0 saturated carbocycles. The second-order valence-corrected chi connectivity index (χ2v) is 4.44. The van der Waals surface area contributed by atoms with Gasteiger partial charge in [0.25, 0.3) is 0 Å². The lowest BCUT2D eigenvalue weighted by Gasteiger charge is -2.13. The minimum Gasteiger partial charge on any atom is -0.299 e. The van der Waals surface area contributed by atoms with Crippen LogP contribution in [0.2, 0.25) is 0 Å². The first kappa shape index (κ1) is 14.6. The van der Waals surface area contributed by atoms with E-state index >= 15 is 0 Å². The largest absolute Gasteiger partial charge is 0.299 e. The SMILES string of the molecule is CCCCCCCC(=O)CN(C)CCC. The first-order chi connectivity index (χ1) is 7.20. The van der Waals surface area contributed by atoms with Crippen LogP contribution in [0.3, 0.4) is 0 Å². The van der Waals surface area contributed by atoms with Gasteiger partial charge in [0.15, 0.2) is 0 Å². The molecule has 0 aliphatic rings. The number of carbonyl (C=O) groups excluding carboxylic acids is 1. The summed E-state index contributed by atoms with van der Waals surface area (Å²) >= 11 is 0. The van der Waals surface area contributed by atoms with E-state index in [-0.39, 0.29) is 0 Å². The molecule has 0 rings (SSSR count). The monoisotopic (exact) mass is 213 g/mol. The number of unbranched alkanes of at least 4 members (excludes halogenated alkanes) is 4. The molecule has 0 radical (unpaired) electrons. The average Bonchev–Trinajstić information content (AvgIpc) is 2.17. The van der Waals surface area contributed by atoms with Crippen molar-refractivity contribution in [1.29, 1.82) is 0 Å². The quantitative estimate of drug-likeness (QED) is 0.519. The van der Waals surface area contributed by atoms with Crippen LogP contribution in [-0.2, 0) is 4.79 Å². The highest BCUT2D eigenvalue weighted by atomic mass is 16.1. The lowest BCUT2D eigenvalue weighted by molar-refractivity contribution is -0.120. The summed E-state index contributed by atoms with van der Waals surface area (Å²) in [4.78, 5) is 13.6. The van der Waals surface area contributed by atoms with Crippen LogP contribution < -0.4 is 0 Å². The van der Waals surface area contributed by atoms with E-state index in [0.717, 1.165) is 25.8 Å². The molecule has 0 heterocycles. The summed E-state index contributed by atoms with van der Waals surface area (Å²) in [5, 5.41) is 0. The normalized spacial score (nSPS) is 10.9. The maximum atomic E-state index is 11.5. The number of hydrogen-bond donors (Lipinski definition) is 0. The third kappa shape index (κ3) is 9.92. The number of rotatable bonds is 10. The molecule has 2 heteroatoms. The molecule has 0 spiro atoms. The van der Waals surface area contributed by atoms with Crippen molar-refractivity contribution in [3.63, 3.8) is 0 Å². The summed E-state index contributed by atoms with van der Waals surface area (Å²) in [6.45, 7) is 6.03. The van der Waals surface area contributed by atoms with Gasteiger partial charge in [-0.2, -0.15) is 0 Å². The molecule has 0 unspecified atom stereocenters. The predicted molar refractivity (Wildman–Crippen MR) is 66.2 cm³/mol. The second kappa shape index (κ2) is 10.2. The zero-order valence-corrected chi connectivity index (χ0v) is 10.7. The van der Waals surface area contributed by atoms with Crippen LogP contribution in [0.15, 0.2) is 0 Å². The number of nitrogens with zero attached hydrogens (tertiary/aromatic N) is 1. The summed E-state index contributed by atoms with van der Waals surface area (Å²) in [5.41, 5.74) is 0. The fourth-order valence-electron chi connectivity index (χ4n) is 1.77. The second-order valence-electron chi connectivity index (χ2n) is 4.44. The van der Waals surface area contributed by atoms with Crippen LogP contribution in [0.1, 0.15) is 58.8 Å². The number of likely N-dealkylation sites (N-methyl/N-ethyl adjacent to an activating group) is 1. The minimum atomic E-state index is 0.405. The van der Waals surface area contributed by atoms with Crippen molar-refractivity contribution in [2.75, 3.05) is 20.1 Å². The van der Waals surface area contributed by atoms with Crippen molar-refractivity contribution in [2.45, 2.75) is 58.8 Å². The van der Waals surface area contributed by atoms with Crippen molar-refractivity contribution < 1.29 is 4.79 Å². The van der Waals surface area contributed by atoms with Gasteiger partial charge in [-0.1, -0.05) is 39.5 Å². The third-order valence-electron chi connectivity index (χ3n) is 2.61. The average molecular weight is 213 g/mol. The predicted octanol–water partition coefficient (Wildman–Crippen LogP) is 3.26. The van der Waals surface area contributed by atoms with Crippen LogP contribution in [0.25, 0.3) is 0 Å². The number of hydrogen-bond acceptors (Lipinski definition) is 2. The Balaban J connectivity index is 3.32. The summed E-state index contributed by atoms with van der Waals surface area (Å²) < 4.78 is 0. The topological polar surface area (TPSA) is 20.3 Å². The molecule has 90 valence electrons. The molecule has 0 aliphatic carbocycles. The van der Waals surface area contributed by atoms with Gasteiger partial charge in [0.05, 0.1) is 6.54 Å². The maximum absolute atomic E-state index is 11.5. The van der Waals surface area contributed by atoms with Gasteiger partial charge in [0, 0.05) is 6.42 Å². The van der Waals surface area contributed by atoms with Gasteiger partial charge in [-0.15, -0.1) is 0 Å². The summed E-state index contributed by atoms with van der Waals surface area (Å²) in [6, 6.07) is 0. The molecule has 15 heavy (non-hydrogen) atoms. The van der Waals surface area contributed by atoms with Crippen molar-refractivity contribution in [3.8, 4) is 0 Å². The zero-order valence-electron chi connectivity index (χ0n) is 10.7. The van der Waals surface area contributed by atoms with Gasteiger partial charge in [-0.25, -0.2) is 0 Å². The summed E-state index contributed by atoms with van der Waals surface area (Å²) in [7, 11) is 2.03. The maximum Gasteiger partial charge on any atom is 0.146 e. The first-order valence-corrected chi connectivity index (χ1v) is 6.41. The number of Topliss-reactive ketones (excluding diaryl/α,β-unsaturated/α-hetero) is 1. The Kier molecular flexibility index (Phi) is 9.91. The van der Waals surface area contributed by atoms with Gasteiger partial charge in [0.2, 0.25) is 0 Å². The molecule has 0 aliphatic heterocycles. The molecule has 0 N–H and O–H groups in total. The van der Waals surface area contributed by atoms with E-state index in [4.69, 9.17) is 0 Å². The third-order valence-corrected chi connectivity index (χ3v) is 2.61. The van der Waals surface area contributed by atoms with E-state index in [1.165, 1.54) is 25.7 Å². The molecule has 0 saturated heterocycles. The minimum absolute atomic E-state index is 0.405. The molecular formula is C13H27NO. The Bertz CT molecular complexity index is 157. The van der Waals surface area contributed by atoms with Gasteiger partial charge >= 0.3 is 0 Å². The molecule has 0 aromatic carbocycles. The van der Waals surface area contributed by atoms with E-state index in [1.807, 2.05) is 7.05 Å². The van der Waals surface area contributed by atoms with Gasteiger partial charge < -0.3 is 0 Å². The molecule has 0 fully saturated rings. The lowest BCUT2D eigenvalue weighted by Crippen LogP contribution is -2.26. The standard InChI is InChI=1S/C13H27NO/c1-4-6-7-8-9-10-13(15)12-14(3)11-5-2/h4-12H2,1-3H3. The number of ketones is 1. The Labute approximate surface area is 95.0 Å². The summed E-state index contributed by atoms with van der Waals surface area (Å²) in [6.07, 6.45) is 8.07. The Morgan fingerprint density at radius 3 is 2.27 bits per heavy atom. The zero-order chi connectivity index (χ0) is 11.5. The first-order valence-electron chi connectivity index (χ1n) is 6.41. The van der Waals surface area contributed by atoms with Crippen molar-refractivity contribution >= 4 is 5.78 Å². The van der Waals surface area contributed by atoms with Crippen LogP contribution in [0.5, 0.6) is 0 Å². The van der Waals surface area contributed by atoms with E-state index in [9.17, 15) is 4.79 Å². The fourth-order valence-corrected chi connectivity index (χ4v) is 1.77. The van der Waals surface area contributed by atoms with E-state index < -0.39 is 0 Å². The van der Waals surface area contributed by atoms with Gasteiger partial charge in [0.1, 0.15) is 5.78 Å². The molecule has 2 nitrogen and oxygen atoms in total. The molecule has 0 aromatic rings. The van der Waals surface area contributed by atoms with Crippen molar-refractivity contribution in [1.82, 2.24) is 4.90 Å². The van der Waals surface area contributed by atoms with Gasteiger partial charge in [-0.05, 0) is 26.4 Å². The molecular weight excluding hydrogens is 186 g/mol. The lowest BCUT2D eigenvalue weighted by atomic mass is 10.1. The van der Waals surface area contributed by atoms with Crippen molar-refractivity contribution in [3.05, 3.63) is 0 Å². The van der Waals surface area contributed by atoms with Crippen LogP contribution >= 0.6 is 0 Å². The molecule has 0 amide bonds. The molecule has 0 bridgehead atoms. The highest BCUT2D eigenvalue weighted by molar-refractivity contribution is 5.80. The Hall–Kier alpha value is -0.370. The number of carbonyl (C=O) groups is 1. The molecule has 0 aromatic heterocycles. The van der Waals surface area contributed by atoms with Crippen LogP contribution in [0.4, 0.5) is 0 Å². The Morgan fingerprint density at radius 1 is 1.00 bits per heavy atom. The van der Waals surface area contributed by atoms with Crippen molar-refractivity contribution in [2.24, 2.45) is 0 Å². The molecule has 0 atom stereocenters. The fraction of sp³-hybridized carbons (Fsp3) is 0.923.